The van der Waals surface area contributed by atoms with Gasteiger partial charge in [0.15, 0.2) is 5.78 Å². The fraction of sp³-hybridized carbons (Fsp3) is 0.484. The van der Waals surface area contributed by atoms with Gasteiger partial charge in [-0.15, -0.1) is 0 Å². The Morgan fingerprint density at radius 1 is 0.919 bits per heavy atom. The highest BCUT2D eigenvalue weighted by Gasteiger charge is 2.23. The number of aliphatic hydroxyl groups is 1. The van der Waals surface area contributed by atoms with Crippen LogP contribution in [0.3, 0.4) is 0 Å². The second kappa shape index (κ2) is 14.1. The number of esters is 1. The van der Waals surface area contributed by atoms with E-state index in [1.165, 1.54) is 7.11 Å². The van der Waals surface area contributed by atoms with E-state index in [-0.39, 0.29) is 5.78 Å². The number of aryl methyl sites for hydroxylation is 1. The van der Waals surface area contributed by atoms with Crippen LogP contribution in [0.2, 0.25) is 0 Å². The number of fused-ring (bicyclic) bond motifs is 1. The standard InChI is InChI=1S/C31H41NO5/c1-5-8-11-28-29(25-20-24(31(35)36-4)16-17-27(25)37-28)30(34)23-14-12-22(13-15-23)26(33)21-32(18-9-6-2)19-10-7-3/h12-17,20,26,33H,5-11,18-19,21H2,1-4H3. The summed E-state index contributed by atoms with van der Waals surface area (Å²) in [5.41, 5.74) is 2.77. The molecular weight excluding hydrogens is 466 g/mol. The molecule has 200 valence electrons. The van der Waals surface area contributed by atoms with Gasteiger partial charge in [0.1, 0.15) is 11.3 Å². The number of rotatable bonds is 15. The Kier molecular flexibility index (Phi) is 10.9. The lowest BCUT2D eigenvalue weighted by Gasteiger charge is -2.25. The van der Waals surface area contributed by atoms with Gasteiger partial charge >= 0.3 is 5.97 Å². The average Bonchev–Trinajstić information content (AvgIpc) is 3.29. The second-order valence-corrected chi connectivity index (χ2v) is 9.68. The van der Waals surface area contributed by atoms with E-state index in [0.29, 0.717) is 46.4 Å². The third-order valence-corrected chi connectivity index (χ3v) is 6.81. The van der Waals surface area contributed by atoms with E-state index in [2.05, 4.69) is 25.7 Å². The lowest BCUT2D eigenvalue weighted by Crippen LogP contribution is -2.30. The summed E-state index contributed by atoms with van der Waals surface area (Å²) in [5.74, 6) is 0.0257. The van der Waals surface area contributed by atoms with Gasteiger partial charge in [-0.1, -0.05) is 64.3 Å². The SMILES string of the molecule is CCCCc1oc2ccc(C(=O)OC)cc2c1C(=O)c1ccc(C(O)CN(CCCC)CCCC)cc1. The largest absolute Gasteiger partial charge is 0.465 e. The fourth-order valence-corrected chi connectivity index (χ4v) is 4.56. The van der Waals surface area contributed by atoms with Crippen molar-refractivity contribution in [3.05, 3.63) is 70.5 Å². The van der Waals surface area contributed by atoms with E-state index in [0.717, 1.165) is 57.2 Å². The van der Waals surface area contributed by atoms with Crippen molar-refractivity contribution in [1.82, 2.24) is 4.90 Å². The molecule has 2 aromatic carbocycles. The molecule has 1 heterocycles. The third-order valence-electron chi connectivity index (χ3n) is 6.81. The van der Waals surface area contributed by atoms with Crippen molar-refractivity contribution < 1.29 is 23.8 Å². The van der Waals surface area contributed by atoms with Crippen LogP contribution in [0.15, 0.2) is 46.9 Å². The quantitative estimate of drug-likeness (QED) is 0.181. The van der Waals surface area contributed by atoms with E-state index >= 15 is 0 Å². The maximum absolute atomic E-state index is 13.7. The monoisotopic (exact) mass is 507 g/mol. The summed E-state index contributed by atoms with van der Waals surface area (Å²) in [6.07, 6.45) is 6.36. The van der Waals surface area contributed by atoms with E-state index in [9.17, 15) is 14.7 Å². The minimum Gasteiger partial charge on any atom is -0.465 e. The Balaban J connectivity index is 1.87. The lowest BCUT2D eigenvalue weighted by molar-refractivity contribution is 0.0600. The van der Waals surface area contributed by atoms with E-state index in [1.54, 1.807) is 30.3 Å². The highest BCUT2D eigenvalue weighted by Crippen LogP contribution is 2.31. The Morgan fingerprint density at radius 3 is 2.14 bits per heavy atom. The average molecular weight is 508 g/mol. The molecule has 0 fully saturated rings. The van der Waals surface area contributed by atoms with Gasteiger partial charge in [-0.3, -0.25) is 4.79 Å². The number of hydrogen-bond donors (Lipinski definition) is 1. The molecule has 6 heteroatoms. The molecule has 3 rings (SSSR count). The zero-order valence-corrected chi connectivity index (χ0v) is 22.7. The molecule has 0 aliphatic rings. The van der Waals surface area contributed by atoms with Gasteiger partial charge in [0, 0.05) is 23.9 Å². The van der Waals surface area contributed by atoms with Crippen LogP contribution < -0.4 is 0 Å². The first-order valence-electron chi connectivity index (χ1n) is 13.6. The predicted molar refractivity (Wildman–Crippen MR) is 147 cm³/mol. The number of hydrogen-bond acceptors (Lipinski definition) is 6. The van der Waals surface area contributed by atoms with Gasteiger partial charge in [0.05, 0.1) is 24.3 Å². The summed E-state index contributed by atoms with van der Waals surface area (Å²) in [7, 11) is 1.34. The Labute approximate surface area is 220 Å². The molecular formula is C31H41NO5. The van der Waals surface area contributed by atoms with Gasteiger partial charge in [-0.05, 0) is 56.1 Å². The number of furan rings is 1. The summed E-state index contributed by atoms with van der Waals surface area (Å²) in [4.78, 5) is 28.1. The fourth-order valence-electron chi connectivity index (χ4n) is 4.56. The molecule has 1 atom stereocenters. The third kappa shape index (κ3) is 7.30. The van der Waals surface area contributed by atoms with Crippen molar-refractivity contribution in [2.24, 2.45) is 0 Å². The minimum atomic E-state index is -0.615. The van der Waals surface area contributed by atoms with Gasteiger partial charge in [0.2, 0.25) is 0 Å². The Bertz CT molecular complexity index is 1160. The molecule has 0 saturated carbocycles. The molecule has 0 aliphatic carbocycles. The van der Waals surface area contributed by atoms with Crippen LogP contribution in [0.25, 0.3) is 11.0 Å². The van der Waals surface area contributed by atoms with Gasteiger partial charge in [-0.2, -0.15) is 0 Å². The number of benzene rings is 2. The van der Waals surface area contributed by atoms with E-state index in [1.807, 2.05) is 12.1 Å². The number of ketones is 1. The molecule has 1 unspecified atom stereocenters. The van der Waals surface area contributed by atoms with Crippen LogP contribution in [-0.2, 0) is 11.2 Å². The van der Waals surface area contributed by atoms with Crippen molar-refractivity contribution in [3.8, 4) is 0 Å². The van der Waals surface area contributed by atoms with E-state index in [4.69, 9.17) is 9.15 Å². The van der Waals surface area contributed by atoms with Crippen molar-refractivity contribution in [1.29, 1.82) is 0 Å². The first kappa shape index (κ1) is 28.6. The summed E-state index contributed by atoms with van der Waals surface area (Å²) in [6.45, 7) is 8.98. The number of nitrogens with zero attached hydrogens (tertiary/aromatic N) is 1. The van der Waals surface area contributed by atoms with Gasteiger partial charge in [0.25, 0.3) is 0 Å². The van der Waals surface area contributed by atoms with Crippen LogP contribution >= 0.6 is 0 Å². The van der Waals surface area contributed by atoms with Crippen molar-refractivity contribution in [2.75, 3.05) is 26.7 Å². The molecule has 0 spiro atoms. The molecule has 0 saturated heterocycles. The predicted octanol–water partition coefficient (Wildman–Crippen LogP) is 6.73. The van der Waals surface area contributed by atoms with Crippen molar-refractivity contribution in [3.63, 3.8) is 0 Å². The van der Waals surface area contributed by atoms with Crippen LogP contribution in [0, 0.1) is 0 Å². The normalized spacial score (nSPS) is 12.3. The van der Waals surface area contributed by atoms with Crippen LogP contribution in [0.1, 0.15) is 103 Å². The van der Waals surface area contributed by atoms with Crippen LogP contribution in [-0.4, -0.2) is 48.5 Å². The molecule has 1 N–H and O–H groups in total. The number of aliphatic hydroxyl groups excluding tert-OH is 1. The first-order valence-corrected chi connectivity index (χ1v) is 13.6. The second-order valence-electron chi connectivity index (χ2n) is 9.68. The van der Waals surface area contributed by atoms with Crippen molar-refractivity contribution >= 4 is 22.7 Å². The Morgan fingerprint density at radius 2 is 1.54 bits per heavy atom. The lowest BCUT2D eigenvalue weighted by atomic mass is 9.96. The maximum atomic E-state index is 13.7. The minimum absolute atomic E-state index is 0.152. The van der Waals surface area contributed by atoms with Crippen LogP contribution in [0.4, 0.5) is 0 Å². The topological polar surface area (TPSA) is 80.0 Å². The molecule has 0 radical (unpaired) electrons. The zero-order valence-electron chi connectivity index (χ0n) is 22.7. The molecule has 3 aromatic rings. The number of carbonyl (C=O) groups is 2. The Hall–Kier alpha value is -2.96. The summed E-state index contributed by atoms with van der Waals surface area (Å²) in [6, 6.07) is 12.3. The highest BCUT2D eigenvalue weighted by atomic mass is 16.5. The smallest absolute Gasteiger partial charge is 0.337 e. The molecule has 0 bridgehead atoms. The zero-order chi connectivity index (χ0) is 26.8. The van der Waals surface area contributed by atoms with E-state index < -0.39 is 12.1 Å². The first-order chi connectivity index (χ1) is 17.9. The number of ether oxygens (including phenoxy) is 1. The summed E-state index contributed by atoms with van der Waals surface area (Å²) >= 11 is 0. The van der Waals surface area contributed by atoms with Gasteiger partial charge < -0.3 is 19.2 Å². The van der Waals surface area contributed by atoms with Crippen molar-refractivity contribution in [2.45, 2.75) is 71.8 Å². The summed E-state index contributed by atoms with van der Waals surface area (Å²) in [5, 5.41) is 11.5. The van der Waals surface area contributed by atoms with Gasteiger partial charge in [-0.25, -0.2) is 4.79 Å². The molecule has 6 nitrogen and oxygen atoms in total. The summed E-state index contributed by atoms with van der Waals surface area (Å²) < 4.78 is 10.9. The number of carbonyl (C=O) groups excluding carboxylic acids is 2. The molecule has 1 aromatic heterocycles. The molecule has 37 heavy (non-hydrogen) atoms. The maximum Gasteiger partial charge on any atom is 0.337 e. The van der Waals surface area contributed by atoms with Crippen LogP contribution in [0.5, 0.6) is 0 Å². The molecule has 0 aliphatic heterocycles. The number of unbranched alkanes of at least 4 members (excludes halogenated alkanes) is 3. The highest BCUT2D eigenvalue weighted by molar-refractivity contribution is 6.17. The number of methoxy groups -OCH3 is 1. The molecule has 0 amide bonds.